The Kier molecular flexibility index (Phi) is 18.2. The molecule has 12 aromatic carbocycles. The number of phenolic OH excluding ortho intramolecular Hbond substituents is 4. The molecule has 8 bridgehead atoms. The Bertz CT molecular complexity index is 3500. The summed E-state index contributed by atoms with van der Waals surface area (Å²) in [7, 11) is -3.53. The fourth-order valence-electron chi connectivity index (χ4n) is 12.5. The minimum Gasteiger partial charge on any atom is -0.507 e. The summed E-state index contributed by atoms with van der Waals surface area (Å²) in [6.07, 6.45) is 3.82. The Balaban J connectivity index is 1.02. The van der Waals surface area contributed by atoms with Gasteiger partial charge in [0.1, 0.15) is 23.0 Å². The molecule has 0 atom stereocenters. The first-order valence-electron chi connectivity index (χ1n) is 30.1. The van der Waals surface area contributed by atoms with E-state index < -0.39 is 31.7 Å². The maximum absolute atomic E-state index is 13.0. The van der Waals surface area contributed by atoms with E-state index in [1.165, 1.54) is 42.4 Å². The van der Waals surface area contributed by atoms with Crippen molar-refractivity contribution in [3.05, 3.63) is 358 Å². The lowest BCUT2D eigenvalue weighted by Gasteiger charge is -2.24. The first kappa shape index (κ1) is 58.6. The average molecular weight is 1220 g/mol. The maximum atomic E-state index is 13.0. The molecule has 0 radical (unpaired) electrons. The zero-order valence-electron chi connectivity index (χ0n) is 48.9. The van der Waals surface area contributed by atoms with Crippen LogP contribution in [0.1, 0.15) is 66.8 Å². The van der Waals surface area contributed by atoms with Gasteiger partial charge in [0, 0.05) is 50.3 Å². The van der Waals surface area contributed by atoms with Crippen molar-refractivity contribution in [3.63, 3.8) is 0 Å². The molecular weight excluding hydrogens is 1150 g/mol. The average Bonchev–Trinajstić information content (AvgIpc) is 2.21. The van der Waals surface area contributed by atoms with E-state index in [9.17, 15) is 20.4 Å². The highest BCUT2D eigenvalue weighted by Gasteiger charge is 2.27. The monoisotopic (exact) mass is 1220 g/mol. The van der Waals surface area contributed by atoms with E-state index in [0.29, 0.717) is 69.2 Å². The summed E-state index contributed by atoms with van der Waals surface area (Å²) in [6.45, 7) is 0. The summed E-state index contributed by atoms with van der Waals surface area (Å²) in [5.74, 6) is 0.629. The smallest absolute Gasteiger partial charge is 0.122 e. The van der Waals surface area contributed by atoms with Gasteiger partial charge in [-0.2, -0.15) is 0 Å². The third-order valence-corrected chi connectivity index (χ3v) is 26.8. The van der Waals surface area contributed by atoms with E-state index >= 15 is 0 Å². The van der Waals surface area contributed by atoms with Crippen LogP contribution in [0, 0.1) is 0 Å². The SMILES string of the molecule is Oc1c2cc(CP(c3ccccc3)c3ccccc3)cc1Cc1cc(CP(c3ccccc3)c3ccccc3)cc(c1O)Cc1cc(CP(c3ccccc3)c3ccccc3)cc(c1O)Cc1cc(CP(c3ccccc3)c3ccccc3)cc(c1O)C2. The molecule has 1 aliphatic rings. The van der Waals surface area contributed by atoms with Crippen LogP contribution in [0.25, 0.3) is 0 Å². The minimum absolute atomic E-state index is 0.157. The second kappa shape index (κ2) is 27.3. The van der Waals surface area contributed by atoms with Gasteiger partial charge in [-0.3, -0.25) is 0 Å². The van der Waals surface area contributed by atoms with Crippen LogP contribution in [0.5, 0.6) is 23.0 Å². The highest BCUT2D eigenvalue weighted by molar-refractivity contribution is 7.73. The van der Waals surface area contributed by atoms with Crippen molar-refractivity contribution in [1.29, 1.82) is 0 Å². The normalized spacial score (nSPS) is 12.2. The molecule has 88 heavy (non-hydrogen) atoms. The molecule has 4 nitrogen and oxygen atoms in total. The van der Waals surface area contributed by atoms with Gasteiger partial charge in [0.15, 0.2) is 0 Å². The predicted octanol–water partition coefficient (Wildman–Crippen LogP) is 15.7. The maximum Gasteiger partial charge on any atom is 0.122 e. The van der Waals surface area contributed by atoms with Crippen molar-refractivity contribution in [3.8, 4) is 23.0 Å². The first-order chi connectivity index (χ1) is 43.2. The number of hydrogen-bond acceptors (Lipinski definition) is 4. The second-order valence-electron chi connectivity index (χ2n) is 22.8. The van der Waals surface area contributed by atoms with Crippen molar-refractivity contribution < 1.29 is 20.4 Å². The van der Waals surface area contributed by atoms with Gasteiger partial charge in [-0.1, -0.05) is 291 Å². The van der Waals surface area contributed by atoms with E-state index in [4.69, 9.17) is 0 Å². The number of benzene rings is 12. The third kappa shape index (κ3) is 13.5. The number of fused-ring (bicyclic) bond motifs is 8. The fraction of sp³-hybridized carbons (Fsp3) is 0.100. The molecule has 1 aliphatic carbocycles. The van der Waals surface area contributed by atoms with Crippen LogP contribution in [0.15, 0.2) is 291 Å². The summed E-state index contributed by atoms with van der Waals surface area (Å²) in [6, 6.07) is 103. The third-order valence-electron chi connectivity index (χ3n) is 16.7. The molecule has 0 saturated heterocycles. The van der Waals surface area contributed by atoms with Crippen molar-refractivity contribution in [2.24, 2.45) is 0 Å². The van der Waals surface area contributed by atoms with Crippen LogP contribution in [0.3, 0.4) is 0 Å². The largest absolute Gasteiger partial charge is 0.507 e. The number of hydrogen-bond donors (Lipinski definition) is 4. The zero-order valence-corrected chi connectivity index (χ0v) is 52.5. The van der Waals surface area contributed by atoms with Crippen molar-refractivity contribution in [2.75, 3.05) is 0 Å². The highest BCUT2D eigenvalue weighted by Crippen LogP contribution is 2.47. The molecule has 0 spiro atoms. The second-order valence-corrected chi connectivity index (χ2v) is 31.6. The summed E-state index contributed by atoms with van der Waals surface area (Å²) >= 11 is 0. The van der Waals surface area contributed by atoms with Crippen LogP contribution in [-0.4, -0.2) is 20.4 Å². The van der Waals surface area contributed by atoms with Crippen LogP contribution in [-0.2, 0) is 50.3 Å². The topological polar surface area (TPSA) is 80.9 Å². The van der Waals surface area contributed by atoms with E-state index in [0.717, 1.165) is 22.3 Å². The molecule has 0 unspecified atom stereocenters. The Labute approximate surface area is 522 Å². The van der Waals surface area contributed by atoms with Gasteiger partial charge in [0.2, 0.25) is 0 Å². The van der Waals surface area contributed by atoms with Gasteiger partial charge in [-0.25, -0.2) is 0 Å². The summed E-state index contributed by atoms with van der Waals surface area (Å²) in [5.41, 5.74) is 9.93. The lowest BCUT2D eigenvalue weighted by atomic mass is 9.89. The lowest BCUT2D eigenvalue weighted by molar-refractivity contribution is 0.450. The predicted molar refractivity (Wildman–Crippen MR) is 375 cm³/mol. The van der Waals surface area contributed by atoms with Crippen LogP contribution in [0.4, 0.5) is 0 Å². The van der Waals surface area contributed by atoms with Gasteiger partial charge in [-0.05, 0) is 141 Å². The quantitative estimate of drug-likeness (QED) is 0.0727. The molecule has 0 amide bonds. The van der Waals surface area contributed by atoms with Gasteiger partial charge in [0.05, 0.1) is 0 Å². The van der Waals surface area contributed by atoms with Gasteiger partial charge >= 0.3 is 0 Å². The highest BCUT2D eigenvalue weighted by atomic mass is 31.1. The standard InChI is InChI=1S/C80H68O4P4/c81-77-61-41-57(53-85(69-25-9-1-10-26-69)70-27-11-2-12-28-70)42-62(77)50-64-44-59(55-87(73-33-17-5-18-34-73)74-35-19-6-20-36-74)46-66(79(64)83)52-68-48-60(56-88(75-37-21-7-22-38-75)76-39-23-8-24-40-76)47-67(80(68)84)51-65-45-58(43-63(49-61)78(65)82)54-86(71-29-13-3-14-30-71)72-31-15-4-16-32-72/h1-48,81-84H,49-56H2. The molecule has 13 rings (SSSR count). The van der Waals surface area contributed by atoms with Crippen LogP contribution in [0.2, 0.25) is 0 Å². The summed E-state index contributed by atoms with van der Waals surface area (Å²) in [5, 5.41) is 62.2. The summed E-state index contributed by atoms with van der Waals surface area (Å²) in [4.78, 5) is 0. The Morgan fingerprint density at radius 2 is 0.318 bits per heavy atom. The molecule has 4 N–H and O–H groups in total. The Hall–Kier alpha value is -8.44. The minimum atomic E-state index is -0.884. The zero-order chi connectivity index (χ0) is 59.8. The molecule has 0 aromatic heterocycles. The van der Waals surface area contributed by atoms with Crippen molar-refractivity contribution in [1.82, 2.24) is 0 Å². The molecule has 12 aromatic rings. The molecule has 0 saturated carbocycles. The van der Waals surface area contributed by atoms with Gasteiger partial charge in [0.25, 0.3) is 0 Å². The van der Waals surface area contributed by atoms with E-state index in [1.807, 2.05) is 0 Å². The van der Waals surface area contributed by atoms with Crippen LogP contribution < -0.4 is 42.4 Å². The first-order valence-corrected chi connectivity index (χ1v) is 36.2. The summed E-state index contributed by atoms with van der Waals surface area (Å²) < 4.78 is 0. The van der Waals surface area contributed by atoms with E-state index in [-0.39, 0.29) is 48.7 Å². The Morgan fingerprint density at radius 1 is 0.193 bits per heavy atom. The molecule has 0 heterocycles. The molecule has 0 aliphatic heterocycles. The lowest BCUT2D eigenvalue weighted by Crippen LogP contribution is -2.14. The number of rotatable bonds is 16. The van der Waals surface area contributed by atoms with Crippen LogP contribution >= 0.6 is 31.7 Å². The van der Waals surface area contributed by atoms with Gasteiger partial charge in [-0.15, -0.1) is 0 Å². The van der Waals surface area contributed by atoms with E-state index in [1.54, 1.807) is 0 Å². The van der Waals surface area contributed by atoms with E-state index in [2.05, 4.69) is 291 Å². The molecule has 0 fully saturated rings. The van der Waals surface area contributed by atoms with Crippen molar-refractivity contribution >= 4 is 74.1 Å². The fourth-order valence-corrected chi connectivity index (χ4v) is 21.6. The Morgan fingerprint density at radius 3 is 0.443 bits per heavy atom. The number of aromatic hydroxyl groups is 4. The number of phenols is 4. The molecular formula is C80H68O4P4. The molecule has 8 heteroatoms. The molecule has 432 valence electrons. The van der Waals surface area contributed by atoms with Crippen molar-refractivity contribution in [2.45, 2.75) is 50.3 Å². The van der Waals surface area contributed by atoms with Gasteiger partial charge < -0.3 is 20.4 Å².